The van der Waals surface area contributed by atoms with Crippen molar-refractivity contribution in [2.24, 2.45) is 11.7 Å². The first kappa shape index (κ1) is 13.8. The summed E-state index contributed by atoms with van der Waals surface area (Å²) in [5.74, 6) is 0.0273. The predicted molar refractivity (Wildman–Crippen MR) is 62.6 cm³/mol. The molecule has 14 heavy (non-hydrogen) atoms. The van der Waals surface area contributed by atoms with Crippen LogP contribution in [0.1, 0.15) is 27.2 Å². The predicted octanol–water partition coefficient (Wildman–Crippen LogP) is 0.627. The second-order valence-electron chi connectivity index (χ2n) is 3.52. The lowest BCUT2D eigenvalue weighted by atomic mass is 10.0. The van der Waals surface area contributed by atoms with Crippen molar-refractivity contribution in [2.45, 2.75) is 33.2 Å². The third kappa shape index (κ3) is 5.51. The smallest absolute Gasteiger partial charge is 0.218 e. The Kier molecular flexibility index (Phi) is 5.54. The van der Waals surface area contributed by atoms with Gasteiger partial charge in [-0.1, -0.05) is 32.5 Å². The van der Waals surface area contributed by atoms with E-state index in [1.807, 2.05) is 20.8 Å². The first-order chi connectivity index (χ1) is 6.28. The molecular formula is C8H18N2O2S2. The molecule has 0 radical (unpaired) electrons. The SMILES string of the molecule is CCC(C)C(C)NS(=O)(=O)CC(N)=S. The summed E-state index contributed by atoms with van der Waals surface area (Å²) in [6.07, 6.45) is 0.927. The highest BCUT2D eigenvalue weighted by atomic mass is 32.2. The number of hydrogen-bond donors (Lipinski definition) is 2. The molecule has 4 nitrogen and oxygen atoms in total. The van der Waals surface area contributed by atoms with Crippen LogP contribution < -0.4 is 10.5 Å². The monoisotopic (exact) mass is 238 g/mol. The quantitative estimate of drug-likeness (QED) is 0.666. The van der Waals surface area contributed by atoms with E-state index in [9.17, 15) is 8.42 Å². The van der Waals surface area contributed by atoms with E-state index in [4.69, 9.17) is 5.73 Å². The van der Waals surface area contributed by atoms with Gasteiger partial charge in [-0.25, -0.2) is 13.1 Å². The lowest BCUT2D eigenvalue weighted by molar-refractivity contribution is 0.435. The maximum absolute atomic E-state index is 11.4. The zero-order chi connectivity index (χ0) is 11.4. The normalized spacial score (nSPS) is 16.2. The Bertz CT molecular complexity index is 288. The number of nitrogens with two attached hydrogens (primary N) is 1. The Morgan fingerprint density at radius 2 is 2.00 bits per heavy atom. The molecule has 2 unspecified atom stereocenters. The molecule has 0 aliphatic heterocycles. The van der Waals surface area contributed by atoms with Crippen molar-refractivity contribution in [3.8, 4) is 0 Å². The average Bonchev–Trinajstić information content (AvgIpc) is 1.99. The van der Waals surface area contributed by atoms with Crippen molar-refractivity contribution in [3.05, 3.63) is 0 Å². The number of nitrogens with one attached hydrogen (secondary N) is 1. The molecule has 0 bridgehead atoms. The largest absolute Gasteiger partial charge is 0.392 e. The summed E-state index contributed by atoms with van der Waals surface area (Å²) in [4.78, 5) is -0.00569. The summed E-state index contributed by atoms with van der Waals surface area (Å²) < 4.78 is 25.3. The summed E-state index contributed by atoms with van der Waals surface area (Å²) in [7, 11) is -3.35. The van der Waals surface area contributed by atoms with Gasteiger partial charge in [0.1, 0.15) is 5.75 Å². The van der Waals surface area contributed by atoms with E-state index < -0.39 is 10.0 Å². The molecule has 0 aliphatic rings. The number of sulfonamides is 1. The molecule has 3 N–H and O–H groups in total. The highest BCUT2D eigenvalue weighted by Crippen LogP contribution is 2.07. The third-order valence-corrected chi connectivity index (χ3v) is 3.94. The minimum absolute atomic E-state index is 0.00569. The van der Waals surface area contributed by atoms with E-state index in [0.29, 0.717) is 5.92 Å². The second kappa shape index (κ2) is 5.63. The molecule has 0 saturated carbocycles. The Labute approximate surface area is 91.3 Å². The second-order valence-corrected chi connectivity index (χ2v) is 5.80. The van der Waals surface area contributed by atoms with Gasteiger partial charge in [-0.2, -0.15) is 0 Å². The van der Waals surface area contributed by atoms with Crippen LogP contribution in [0.2, 0.25) is 0 Å². The molecule has 0 aromatic carbocycles. The van der Waals surface area contributed by atoms with Gasteiger partial charge in [-0.05, 0) is 12.8 Å². The molecule has 0 aromatic rings. The van der Waals surface area contributed by atoms with Crippen molar-refractivity contribution in [1.29, 1.82) is 0 Å². The average molecular weight is 238 g/mol. The molecule has 0 amide bonds. The number of thiocarbonyl (C=S) groups is 1. The van der Waals surface area contributed by atoms with E-state index >= 15 is 0 Å². The van der Waals surface area contributed by atoms with Crippen molar-refractivity contribution in [3.63, 3.8) is 0 Å². The van der Waals surface area contributed by atoms with Crippen LogP contribution in [-0.2, 0) is 10.0 Å². The first-order valence-corrected chi connectivity index (χ1v) is 6.63. The molecule has 6 heteroatoms. The van der Waals surface area contributed by atoms with Gasteiger partial charge in [0.2, 0.25) is 10.0 Å². The summed E-state index contributed by atoms with van der Waals surface area (Å²) in [5.41, 5.74) is 5.18. The maximum Gasteiger partial charge on any atom is 0.218 e. The molecular weight excluding hydrogens is 220 g/mol. The van der Waals surface area contributed by atoms with E-state index in [1.54, 1.807) is 0 Å². The van der Waals surface area contributed by atoms with E-state index in [0.717, 1.165) is 6.42 Å². The molecule has 0 fully saturated rings. The Morgan fingerprint density at radius 3 is 2.36 bits per heavy atom. The lowest BCUT2D eigenvalue weighted by Crippen LogP contribution is -2.40. The van der Waals surface area contributed by atoms with Crippen LogP contribution in [0, 0.1) is 5.92 Å². The minimum atomic E-state index is -3.35. The fourth-order valence-electron chi connectivity index (χ4n) is 0.982. The van der Waals surface area contributed by atoms with Crippen LogP contribution in [0.15, 0.2) is 0 Å². The van der Waals surface area contributed by atoms with Crippen LogP contribution in [0.4, 0.5) is 0 Å². The molecule has 84 valence electrons. The highest BCUT2D eigenvalue weighted by Gasteiger charge is 2.18. The van der Waals surface area contributed by atoms with Crippen LogP contribution >= 0.6 is 12.2 Å². The van der Waals surface area contributed by atoms with Gasteiger partial charge >= 0.3 is 0 Å². The van der Waals surface area contributed by atoms with Crippen molar-refractivity contribution in [1.82, 2.24) is 4.72 Å². The molecule has 0 heterocycles. The van der Waals surface area contributed by atoms with E-state index in [2.05, 4.69) is 16.9 Å². The standard InChI is InChI=1S/C8H18N2O2S2/c1-4-6(2)7(3)10-14(11,12)5-8(9)13/h6-7,10H,4-5H2,1-3H3,(H2,9,13). The van der Waals surface area contributed by atoms with Crippen LogP contribution in [-0.4, -0.2) is 25.2 Å². The van der Waals surface area contributed by atoms with Gasteiger partial charge in [-0.3, -0.25) is 0 Å². The van der Waals surface area contributed by atoms with Crippen molar-refractivity contribution >= 4 is 27.2 Å². The van der Waals surface area contributed by atoms with Crippen LogP contribution in [0.5, 0.6) is 0 Å². The van der Waals surface area contributed by atoms with Gasteiger partial charge in [-0.15, -0.1) is 0 Å². The van der Waals surface area contributed by atoms with E-state index in [1.165, 1.54) is 0 Å². The van der Waals surface area contributed by atoms with Gasteiger partial charge in [0.15, 0.2) is 0 Å². The molecule has 0 spiro atoms. The third-order valence-electron chi connectivity index (χ3n) is 2.20. The van der Waals surface area contributed by atoms with Crippen molar-refractivity contribution < 1.29 is 8.42 Å². The van der Waals surface area contributed by atoms with Crippen LogP contribution in [0.3, 0.4) is 0 Å². The summed E-state index contributed by atoms with van der Waals surface area (Å²) in [5, 5.41) is 0. The number of rotatable bonds is 6. The highest BCUT2D eigenvalue weighted by molar-refractivity contribution is 7.92. The van der Waals surface area contributed by atoms with E-state index in [-0.39, 0.29) is 16.8 Å². The molecule has 0 saturated heterocycles. The Hall–Kier alpha value is -0.200. The molecule has 2 atom stereocenters. The molecule has 0 rings (SSSR count). The minimum Gasteiger partial charge on any atom is -0.392 e. The van der Waals surface area contributed by atoms with Gasteiger partial charge in [0.05, 0.1) is 4.99 Å². The summed E-state index contributed by atoms with van der Waals surface area (Å²) >= 11 is 4.55. The first-order valence-electron chi connectivity index (χ1n) is 4.56. The maximum atomic E-state index is 11.4. The molecule has 0 aromatic heterocycles. The summed E-state index contributed by atoms with van der Waals surface area (Å²) in [6, 6.07) is -0.0839. The van der Waals surface area contributed by atoms with Crippen LogP contribution in [0.25, 0.3) is 0 Å². The fourth-order valence-corrected chi connectivity index (χ4v) is 2.70. The zero-order valence-corrected chi connectivity index (χ0v) is 10.4. The number of hydrogen-bond acceptors (Lipinski definition) is 3. The fraction of sp³-hybridized carbons (Fsp3) is 0.875. The van der Waals surface area contributed by atoms with Gasteiger partial charge in [0, 0.05) is 6.04 Å². The Morgan fingerprint density at radius 1 is 1.50 bits per heavy atom. The van der Waals surface area contributed by atoms with Gasteiger partial charge < -0.3 is 5.73 Å². The Balaban J connectivity index is 4.29. The topological polar surface area (TPSA) is 72.2 Å². The zero-order valence-electron chi connectivity index (χ0n) is 8.78. The summed E-state index contributed by atoms with van der Waals surface area (Å²) in [6.45, 7) is 5.85. The molecule has 0 aliphatic carbocycles. The van der Waals surface area contributed by atoms with Crippen molar-refractivity contribution in [2.75, 3.05) is 5.75 Å². The van der Waals surface area contributed by atoms with Gasteiger partial charge in [0.25, 0.3) is 0 Å². The lowest BCUT2D eigenvalue weighted by Gasteiger charge is -2.19.